The van der Waals surface area contributed by atoms with Gasteiger partial charge < -0.3 is 20.3 Å². The number of rotatable bonds is 9. The zero-order valence-corrected chi connectivity index (χ0v) is 18.2. The first-order chi connectivity index (χ1) is 15.2. The first-order valence-electron chi connectivity index (χ1n) is 9.70. The van der Waals surface area contributed by atoms with Crippen LogP contribution < -0.4 is 15.4 Å². The molecule has 170 valence electrons. The zero-order valence-electron chi connectivity index (χ0n) is 17.4. The molecule has 0 unspecified atom stereocenters. The van der Waals surface area contributed by atoms with Crippen LogP contribution in [-0.2, 0) is 0 Å². The summed E-state index contributed by atoms with van der Waals surface area (Å²) in [5.41, 5.74) is 1.94. The fourth-order valence-electron chi connectivity index (χ4n) is 2.79. The van der Waals surface area contributed by atoms with Gasteiger partial charge in [0.15, 0.2) is 0 Å². The maximum atomic E-state index is 12.5. The Morgan fingerprint density at radius 1 is 1.06 bits per heavy atom. The van der Waals surface area contributed by atoms with E-state index < -0.39 is 12.1 Å². The zero-order chi connectivity index (χ0) is 23.1. The summed E-state index contributed by atoms with van der Waals surface area (Å²) in [5, 5.41) is 6.08. The van der Waals surface area contributed by atoms with E-state index in [1.165, 1.54) is 12.1 Å². The number of alkyl halides is 3. The number of nitrogens with zero attached hydrogens (tertiary/aromatic N) is 4. The van der Waals surface area contributed by atoms with Crippen LogP contribution in [-0.4, -0.2) is 53.4 Å². The van der Waals surface area contributed by atoms with Gasteiger partial charge in [-0.25, -0.2) is 4.98 Å². The molecule has 0 amide bonds. The second-order valence-corrected chi connectivity index (χ2v) is 7.51. The normalized spacial score (nSPS) is 11.5. The molecule has 7 nitrogen and oxygen atoms in total. The molecular weight excluding hydrogens is 445 g/mol. The highest BCUT2D eigenvalue weighted by atomic mass is 35.5. The molecule has 0 spiro atoms. The van der Waals surface area contributed by atoms with E-state index in [-0.39, 0.29) is 5.02 Å². The number of ether oxygens (including phenoxy) is 1. The van der Waals surface area contributed by atoms with E-state index >= 15 is 0 Å². The van der Waals surface area contributed by atoms with Gasteiger partial charge in [0.25, 0.3) is 0 Å². The molecule has 0 atom stereocenters. The van der Waals surface area contributed by atoms with E-state index in [1.54, 1.807) is 18.5 Å². The molecule has 3 rings (SSSR count). The molecule has 0 aliphatic rings. The molecule has 3 aromatic rings. The quantitative estimate of drug-likeness (QED) is 0.420. The minimum Gasteiger partial charge on any atom is -0.404 e. The molecule has 0 fully saturated rings. The van der Waals surface area contributed by atoms with Crippen LogP contribution in [0.15, 0.2) is 48.8 Å². The van der Waals surface area contributed by atoms with Crippen LogP contribution >= 0.6 is 11.6 Å². The van der Waals surface area contributed by atoms with Crippen molar-refractivity contribution in [3.8, 4) is 17.0 Å². The lowest BCUT2D eigenvalue weighted by atomic mass is 10.2. The van der Waals surface area contributed by atoms with Gasteiger partial charge in [-0.2, -0.15) is 4.98 Å². The van der Waals surface area contributed by atoms with Gasteiger partial charge in [-0.15, -0.1) is 13.2 Å². The maximum Gasteiger partial charge on any atom is 0.573 e. The van der Waals surface area contributed by atoms with Crippen molar-refractivity contribution in [2.75, 3.05) is 37.8 Å². The summed E-state index contributed by atoms with van der Waals surface area (Å²) in [7, 11) is 4.00. The second kappa shape index (κ2) is 10.5. The van der Waals surface area contributed by atoms with E-state index in [1.807, 2.05) is 26.2 Å². The van der Waals surface area contributed by atoms with Gasteiger partial charge in [0.2, 0.25) is 5.95 Å². The Kier molecular flexibility index (Phi) is 7.70. The van der Waals surface area contributed by atoms with Crippen LogP contribution in [0.3, 0.4) is 0 Å². The Labute approximate surface area is 188 Å². The molecule has 2 heterocycles. The van der Waals surface area contributed by atoms with Crippen molar-refractivity contribution >= 4 is 29.1 Å². The molecule has 2 N–H and O–H groups in total. The number of aromatic nitrogens is 3. The van der Waals surface area contributed by atoms with Crippen LogP contribution in [0.5, 0.6) is 5.75 Å². The Hall–Kier alpha value is -3.11. The average molecular weight is 467 g/mol. The van der Waals surface area contributed by atoms with Crippen molar-refractivity contribution < 1.29 is 17.9 Å². The Morgan fingerprint density at radius 2 is 1.81 bits per heavy atom. The minimum atomic E-state index is -4.82. The minimum absolute atomic E-state index is 0.183. The number of pyridine rings is 1. The van der Waals surface area contributed by atoms with Gasteiger partial charge >= 0.3 is 6.36 Å². The summed E-state index contributed by atoms with van der Waals surface area (Å²) in [6.07, 6.45) is -0.603. The SMILES string of the molecule is CN(C)CCCNc1nc(Nc2ccc(OC(F)(F)F)c(Cl)c2)cc(-c2ccncc2)n1. The number of halogens is 4. The van der Waals surface area contributed by atoms with E-state index in [2.05, 4.69) is 35.2 Å². The number of hydrogen-bond donors (Lipinski definition) is 2. The molecule has 0 aliphatic carbocycles. The summed E-state index contributed by atoms with van der Waals surface area (Å²) >= 11 is 5.95. The maximum absolute atomic E-state index is 12.5. The lowest BCUT2D eigenvalue weighted by Gasteiger charge is -2.14. The topological polar surface area (TPSA) is 75.2 Å². The average Bonchev–Trinajstić information content (AvgIpc) is 2.73. The lowest BCUT2D eigenvalue weighted by Crippen LogP contribution is -2.17. The molecule has 0 saturated heterocycles. The van der Waals surface area contributed by atoms with Crippen LogP contribution in [0.2, 0.25) is 5.02 Å². The Morgan fingerprint density at radius 3 is 2.47 bits per heavy atom. The molecular formula is C21H22ClF3N6O. The van der Waals surface area contributed by atoms with Crippen LogP contribution in [0, 0.1) is 0 Å². The summed E-state index contributed by atoms with van der Waals surface area (Å²) in [6, 6.07) is 9.27. The number of nitrogens with one attached hydrogen (secondary N) is 2. The van der Waals surface area contributed by atoms with Crippen molar-refractivity contribution in [2.45, 2.75) is 12.8 Å². The molecule has 11 heteroatoms. The predicted molar refractivity (Wildman–Crippen MR) is 118 cm³/mol. The highest BCUT2D eigenvalue weighted by molar-refractivity contribution is 6.32. The largest absolute Gasteiger partial charge is 0.573 e. The highest BCUT2D eigenvalue weighted by Gasteiger charge is 2.32. The van der Waals surface area contributed by atoms with Gasteiger partial charge in [0.05, 0.1) is 10.7 Å². The van der Waals surface area contributed by atoms with Crippen LogP contribution in [0.25, 0.3) is 11.3 Å². The van der Waals surface area contributed by atoms with Crippen molar-refractivity contribution in [1.82, 2.24) is 19.9 Å². The summed E-state index contributed by atoms with van der Waals surface area (Å²) in [4.78, 5) is 15.1. The van der Waals surface area contributed by atoms with Gasteiger partial charge in [0, 0.05) is 36.3 Å². The Balaban J connectivity index is 1.83. The fourth-order valence-corrected chi connectivity index (χ4v) is 3.01. The van der Waals surface area contributed by atoms with Crippen molar-refractivity contribution in [3.05, 3.63) is 53.8 Å². The van der Waals surface area contributed by atoms with E-state index in [0.717, 1.165) is 24.6 Å². The smallest absolute Gasteiger partial charge is 0.404 e. The summed E-state index contributed by atoms with van der Waals surface area (Å²) in [6.45, 7) is 1.58. The van der Waals surface area contributed by atoms with Crippen LogP contribution in [0.1, 0.15) is 6.42 Å². The Bertz CT molecular complexity index is 1030. The van der Waals surface area contributed by atoms with Gasteiger partial charge in [-0.3, -0.25) is 4.98 Å². The van der Waals surface area contributed by atoms with Crippen LogP contribution in [0.4, 0.5) is 30.6 Å². The molecule has 0 radical (unpaired) electrons. The second-order valence-electron chi connectivity index (χ2n) is 7.10. The van der Waals surface area contributed by atoms with Crippen molar-refractivity contribution in [3.63, 3.8) is 0 Å². The summed E-state index contributed by atoms with van der Waals surface area (Å²) < 4.78 is 41.3. The van der Waals surface area contributed by atoms with Crippen molar-refractivity contribution in [1.29, 1.82) is 0 Å². The lowest BCUT2D eigenvalue weighted by molar-refractivity contribution is -0.274. The first kappa shape index (κ1) is 23.6. The van der Waals surface area contributed by atoms with Gasteiger partial charge in [0.1, 0.15) is 11.6 Å². The highest BCUT2D eigenvalue weighted by Crippen LogP contribution is 2.33. The molecule has 0 bridgehead atoms. The molecule has 0 saturated carbocycles. The molecule has 1 aromatic carbocycles. The van der Waals surface area contributed by atoms with E-state index in [4.69, 9.17) is 11.6 Å². The number of hydrogen-bond acceptors (Lipinski definition) is 7. The van der Waals surface area contributed by atoms with Gasteiger partial charge in [-0.1, -0.05) is 11.6 Å². The first-order valence-corrected chi connectivity index (χ1v) is 10.1. The van der Waals surface area contributed by atoms with E-state index in [0.29, 0.717) is 29.7 Å². The standard InChI is InChI=1S/C21H22ClF3N6O/c1-31(2)11-3-8-27-20-29-17(14-6-9-26-10-7-14)13-19(30-20)28-15-4-5-18(16(22)12-15)32-21(23,24)25/h4-7,9-10,12-13H,3,8,11H2,1-2H3,(H2,27,28,29,30). The fraction of sp³-hybridized carbons (Fsp3) is 0.286. The monoisotopic (exact) mass is 466 g/mol. The van der Waals surface area contributed by atoms with Crippen molar-refractivity contribution in [2.24, 2.45) is 0 Å². The summed E-state index contributed by atoms with van der Waals surface area (Å²) in [5.74, 6) is 0.388. The third-order valence-corrected chi connectivity index (χ3v) is 4.49. The molecule has 2 aromatic heterocycles. The number of benzene rings is 1. The van der Waals surface area contributed by atoms with Gasteiger partial charge in [-0.05, 0) is 57.4 Å². The van der Waals surface area contributed by atoms with E-state index in [9.17, 15) is 13.2 Å². The number of anilines is 3. The predicted octanol–water partition coefficient (Wildman–Crippen LogP) is 5.20. The molecule has 32 heavy (non-hydrogen) atoms. The third kappa shape index (κ3) is 7.24. The third-order valence-electron chi connectivity index (χ3n) is 4.20. The molecule has 0 aliphatic heterocycles.